The predicted octanol–water partition coefficient (Wildman–Crippen LogP) is 2.93. The Balaban J connectivity index is 1.88. The predicted molar refractivity (Wildman–Crippen MR) is 80.9 cm³/mol. The van der Waals surface area contributed by atoms with Crippen LogP contribution in [0, 0.1) is 0 Å². The second-order valence-electron chi connectivity index (χ2n) is 4.51. The molecule has 102 valence electrons. The molecule has 0 saturated heterocycles. The van der Waals surface area contributed by atoms with Crippen molar-refractivity contribution in [3.05, 3.63) is 40.7 Å². The fourth-order valence-corrected chi connectivity index (χ4v) is 2.33. The largest absolute Gasteiger partial charge is 0.360 e. The number of nitrogens with two attached hydrogens (primary N) is 1. The van der Waals surface area contributed by atoms with Gasteiger partial charge in [0.25, 0.3) is 0 Å². The maximum absolute atomic E-state index is 5.85. The van der Waals surface area contributed by atoms with Crippen molar-refractivity contribution in [2.24, 2.45) is 5.73 Å². The zero-order valence-corrected chi connectivity index (χ0v) is 12.3. The van der Waals surface area contributed by atoms with Crippen molar-refractivity contribution >= 4 is 28.3 Å². The van der Waals surface area contributed by atoms with Gasteiger partial charge in [-0.05, 0) is 31.0 Å². The average molecular weight is 297 g/mol. The Morgan fingerprint density at radius 3 is 2.79 bits per heavy atom. The van der Waals surface area contributed by atoms with Gasteiger partial charge in [0.15, 0.2) is 0 Å². The summed E-state index contributed by atoms with van der Waals surface area (Å²) in [4.78, 5) is 4.45. The minimum Gasteiger partial charge on any atom is -0.360 e. The van der Waals surface area contributed by atoms with Crippen LogP contribution in [-0.2, 0) is 6.42 Å². The Labute approximate surface area is 122 Å². The first-order chi connectivity index (χ1) is 9.13. The lowest BCUT2D eigenvalue weighted by Crippen LogP contribution is -2.19. The van der Waals surface area contributed by atoms with Crippen molar-refractivity contribution < 1.29 is 0 Å². The molecule has 19 heavy (non-hydrogen) atoms. The van der Waals surface area contributed by atoms with Crippen LogP contribution in [0.4, 0.5) is 5.13 Å². The second kappa shape index (κ2) is 6.84. The molecule has 0 aliphatic rings. The van der Waals surface area contributed by atoms with Crippen LogP contribution in [0.25, 0.3) is 0 Å². The van der Waals surface area contributed by atoms with Gasteiger partial charge < -0.3 is 11.1 Å². The average Bonchev–Trinajstić information content (AvgIpc) is 2.79. The first-order valence-corrected chi connectivity index (χ1v) is 7.35. The van der Waals surface area contributed by atoms with Crippen LogP contribution < -0.4 is 11.1 Å². The molecule has 0 spiro atoms. The summed E-state index contributed by atoms with van der Waals surface area (Å²) in [6.45, 7) is 2.82. The molecule has 2 aromatic rings. The summed E-state index contributed by atoms with van der Waals surface area (Å²) < 4.78 is 4.34. The Bertz CT molecular complexity index is 510. The van der Waals surface area contributed by atoms with Crippen LogP contribution in [-0.4, -0.2) is 21.9 Å². The maximum atomic E-state index is 5.85. The normalized spacial score (nSPS) is 12.4. The molecule has 0 amide bonds. The summed E-state index contributed by atoms with van der Waals surface area (Å²) in [6, 6.07) is 7.95. The molecule has 6 heteroatoms. The first kappa shape index (κ1) is 14.2. The van der Waals surface area contributed by atoms with Crippen LogP contribution >= 0.6 is 23.1 Å². The molecular formula is C13H17ClN4S. The van der Waals surface area contributed by atoms with Gasteiger partial charge in [-0.25, -0.2) is 4.98 Å². The van der Waals surface area contributed by atoms with Gasteiger partial charge in [0.2, 0.25) is 5.13 Å². The molecule has 0 fully saturated rings. The van der Waals surface area contributed by atoms with Crippen molar-refractivity contribution in [3.63, 3.8) is 0 Å². The van der Waals surface area contributed by atoms with Crippen LogP contribution in [0.5, 0.6) is 0 Å². The number of nitrogens with one attached hydrogen (secondary N) is 1. The van der Waals surface area contributed by atoms with Crippen molar-refractivity contribution in [3.8, 4) is 0 Å². The standard InChI is InChI=1S/C13H17ClN4S/c1-9(15)6-7-16-13-17-12(18-19-13)8-10-2-4-11(14)5-3-10/h2-5,9H,6-8,15H2,1H3,(H,16,17,18). The lowest BCUT2D eigenvalue weighted by molar-refractivity contribution is 0.690. The van der Waals surface area contributed by atoms with Gasteiger partial charge in [0.05, 0.1) is 0 Å². The van der Waals surface area contributed by atoms with E-state index in [4.69, 9.17) is 17.3 Å². The fourth-order valence-electron chi connectivity index (χ4n) is 1.59. The number of anilines is 1. The van der Waals surface area contributed by atoms with Crippen molar-refractivity contribution in [2.75, 3.05) is 11.9 Å². The van der Waals surface area contributed by atoms with E-state index in [1.165, 1.54) is 11.5 Å². The molecule has 0 radical (unpaired) electrons. The minimum absolute atomic E-state index is 0.203. The molecule has 0 aliphatic carbocycles. The highest BCUT2D eigenvalue weighted by molar-refractivity contribution is 7.09. The summed E-state index contributed by atoms with van der Waals surface area (Å²) in [7, 11) is 0. The quantitative estimate of drug-likeness (QED) is 0.860. The molecule has 0 bridgehead atoms. The SMILES string of the molecule is CC(N)CCNc1nc(Cc2ccc(Cl)cc2)ns1. The maximum Gasteiger partial charge on any atom is 0.202 e. The highest BCUT2D eigenvalue weighted by Crippen LogP contribution is 2.16. The highest BCUT2D eigenvalue weighted by Gasteiger charge is 2.05. The molecule has 2 rings (SSSR count). The number of rotatable bonds is 6. The monoisotopic (exact) mass is 296 g/mol. The Morgan fingerprint density at radius 1 is 1.37 bits per heavy atom. The van der Waals surface area contributed by atoms with E-state index in [1.807, 2.05) is 31.2 Å². The second-order valence-corrected chi connectivity index (χ2v) is 5.70. The molecule has 1 aromatic heterocycles. The minimum atomic E-state index is 0.203. The lowest BCUT2D eigenvalue weighted by atomic mass is 10.1. The lowest BCUT2D eigenvalue weighted by Gasteiger charge is -2.04. The smallest absolute Gasteiger partial charge is 0.202 e. The third kappa shape index (κ3) is 4.78. The molecule has 3 N–H and O–H groups in total. The molecule has 1 aromatic carbocycles. The van der Waals surface area contributed by atoms with Crippen molar-refractivity contribution in [1.29, 1.82) is 0 Å². The topological polar surface area (TPSA) is 63.8 Å². The third-order valence-corrected chi connectivity index (χ3v) is 3.58. The number of hydrogen-bond donors (Lipinski definition) is 2. The van der Waals surface area contributed by atoms with Crippen LogP contribution in [0.2, 0.25) is 5.02 Å². The van der Waals surface area contributed by atoms with Gasteiger partial charge in [-0.2, -0.15) is 4.37 Å². The van der Waals surface area contributed by atoms with Gasteiger partial charge in [0, 0.05) is 35.6 Å². The van der Waals surface area contributed by atoms with E-state index in [-0.39, 0.29) is 6.04 Å². The molecule has 1 atom stereocenters. The van der Waals surface area contributed by atoms with E-state index in [2.05, 4.69) is 14.7 Å². The van der Waals surface area contributed by atoms with Gasteiger partial charge >= 0.3 is 0 Å². The number of benzene rings is 1. The van der Waals surface area contributed by atoms with E-state index in [1.54, 1.807) is 0 Å². The van der Waals surface area contributed by atoms with E-state index < -0.39 is 0 Å². The number of aromatic nitrogens is 2. The van der Waals surface area contributed by atoms with E-state index in [0.717, 1.165) is 40.9 Å². The Morgan fingerprint density at radius 2 is 2.11 bits per heavy atom. The molecule has 1 unspecified atom stereocenters. The summed E-state index contributed by atoms with van der Waals surface area (Å²) >= 11 is 7.24. The molecule has 1 heterocycles. The van der Waals surface area contributed by atoms with E-state index in [0.29, 0.717) is 0 Å². The fraction of sp³-hybridized carbons (Fsp3) is 0.385. The van der Waals surface area contributed by atoms with Crippen LogP contribution in [0.3, 0.4) is 0 Å². The molecule has 0 saturated carbocycles. The molecule has 0 aliphatic heterocycles. The summed E-state index contributed by atoms with van der Waals surface area (Å²) in [5, 5.41) is 4.83. The summed E-state index contributed by atoms with van der Waals surface area (Å²) in [5.41, 5.74) is 6.85. The summed E-state index contributed by atoms with van der Waals surface area (Å²) in [6.07, 6.45) is 1.65. The van der Waals surface area contributed by atoms with Crippen molar-refractivity contribution in [1.82, 2.24) is 9.36 Å². The Kier molecular flexibility index (Phi) is 5.13. The highest BCUT2D eigenvalue weighted by atomic mass is 35.5. The van der Waals surface area contributed by atoms with E-state index >= 15 is 0 Å². The summed E-state index contributed by atoms with van der Waals surface area (Å²) in [5.74, 6) is 0.829. The number of nitrogens with zero attached hydrogens (tertiary/aromatic N) is 2. The molecular weight excluding hydrogens is 280 g/mol. The zero-order valence-electron chi connectivity index (χ0n) is 10.8. The molecule has 4 nitrogen and oxygen atoms in total. The zero-order chi connectivity index (χ0) is 13.7. The van der Waals surface area contributed by atoms with Gasteiger partial charge in [-0.15, -0.1) is 0 Å². The van der Waals surface area contributed by atoms with Crippen LogP contribution in [0.15, 0.2) is 24.3 Å². The number of halogens is 1. The van der Waals surface area contributed by atoms with Gasteiger partial charge in [-0.1, -0.05) is 23.7 Å². The third-order valence-electron chi connectivity index (χ3n) is 2.62. The number of hydrogen-bond acceptors (Lipinski definition) is 5. The van der Waals surface area contributed by atoms with Crippen LogP contribution in [0.1, 0.15) is 24.7 Å². The van der Waals surface area contributed by atoms with E-state index in [9.17, 15) is 0 Å². The Hall–Kier alpha value is -1.17. The van der Waals surface area contributed by atoms with Gasteiger partial charge in [-0.3, -0.25) is 0 Å². The van der Waals surface area contributed by atoms with Crippen molar-refractivity contribution in [2.45, 2.75) is 25.8 Å². The van der Waals surface area contributed by atoms with Gasteiger partial charge in [0.1, 0.15) is 5.82 Å². The first-order valence-electron chi connectivity index (χ1n) is 6.20.